The number of rotatable bonds is 8. The molecule has 2 aromatic carbocycles. The molecule has 2 heterocycles. The molecule has 0 spiro atoms. The lowest BCUT2D eigenvalue weighted by Gasteiger charge is -2.39. The summed E-state index contributed by atoms with van der Waals surface area (Å²) in [6.45, 7) is 1.41. The molecular formula is C25H29N3O5. The van der Waals surface area contributed by atoms with Crippen LogP contribution in [0.4, 0.5) is 10.5 Å². The summed E-state index contributed by atoms with van der Waals surface area (Å²) < 4.78 is 10.8. The Bertz CT molecular complexity index is 987. The van der Waals surface area contributed by atoms with Crippen LogP contribution >= 0.6 is 0 Å². The van der Waals surface area contributed by atoms with Crippen molar-refractivity contribution in [3.63, 3.8) is 0 Å². The summed E-state index contributed by atoms with van der Waals surface area (Å²) in [5.41, 5.74) is 1.38. The molecule has 2 saturated heterocycles. The first kappa shape index (κ1) is 22.8. The fraction of sp³-hybridized carbons (Fsp3) is 0.400. The second-order valence-corrected chi connectivity index (χ2v) is 8.50. The number of amides is 4. The summed E-state index contributed by atoms with van der Waals surface area (Å²) in [5, 5.41) is 5.56. The topological polar surface area (TPSA) is 97.0 Å². The number of hydrogen-bond acceptors (Lipinski definition) is 5. The zero-order chi connectivity index (χ0) is 23.3. The van der Waals surface area contributed by atoms with Gasteiger partial charge in [-0.05, 0) is 49.1 Å². The molecule has 4 amide bonds. The molecule has 2 fully saturated rings. The minimum atomic E-state index is -0.702. The van der Waals surface area contributed by atoms with E-state index in [2.05, 4.69) is 10.6 Å². The zero-order valence-electron chi connectivity index (χ0n) is 18.7. The number of benzene rings is 2. The van der Waals surface area contributed by atoms with Crippen LogP contribution in [-0.2, 0) is 19.7 Å². The number of imide groups is 1. The molecule has 174 valence electrons. The van der Waals surface area contributed by atoms with Gasteiger partial charge in [0.2, 0.25) is 5.91 Å². The summed E-state index contributed by atoms with van der Waals surface area (Å²) in [7, 11) is 1.62. The largest absolute Gasteiger partial charge is 0.497 e. The van der Waals surface area contributed by atoms with Crippen LogP contribution in [0.25, 0.3) is 0 Å². The Balaban J connectivity index is 1.41. The maximum Gasteiger partial charge on any atom is 0.324 e. The van der Waals surface area contributed by atoms with E-state index in [0.717, 1.165) is 11.3 Å². The van der Waals surface area contributed by atoms with Crippen molar-refractivity contribution in [2.75, 3.05) is 32.2 Å². The van der Waals surface area contributed by atoms with E-state index in [9.17, 15) is 14.4 Å². The molecule has 33 heavy (non-hydrogen) atoms. The van der Waals surface area contributed by atoms with E-state index in [1.165, 1.54) is 4.90 Å². The van der Waals surface area contributed by atoms with E-state index in [1.54, 1.807) is 19.2 Å². The van der Waals surface area contributed by atoms with Crippen molar-refractivity contribution in [2.45, 2.75) is 37.1 Å². The highest BCUT2D eigenvalue weighted by atomic mass is 16.5. The van der Waals surface area contributed by atoms with Crippen LogP contribution in [0.15, 0.2) is 54.6 Å². The van der Waals surface area contributed by atoms with Crippen LogP contribution in [0.1, 0.15) is 31.2 Å². The zero-order valence-corrected chi connectivity index (χ0v) is 18.7. The molecule has 2 N–H and O–H groups in total. The van der Waals surface area contributed by atoms with E-state index in [1.807, 2.05) is 42.5 Å². The fourth-order valence-corrected chi connectivity index (χ4v) is 4.49. The second kappa shape index (κ2) is 10.0. The van der Waals surface area contributed by atoms with Gasteiger partial charge in [-0.25, -0.2) is 4.79 Å². The van der Waals surface area contributed by atoms with E-state index in [0.29, 0.717) is 31.7 Å². The van der Waals surface area contributed by atoms with Crippen LogP contribution in [0, 0.1) is 0 Å². The van der Waals surface area contributed by atoms with Crippen molar-refractivity contribution in [2.24, 2.45) is 0 Å². The lowest BCUT2D eigenvalue weighted by Crippen LogP contribution is -2.47. The third kappa shape index (κ3) is 5.17. The lowest BCUT2D eigenvalue weighted by molar-refractivity contribution is -0.128. The first-order valence-corrected chi connectivity index (χ1v) is 11.2. The Hall–Kier alpha value is -3.39. The number of methoxy groups -OCH3 is 1. The number of ether oxygens (including phenoxy) is 2. The number of nitrogens with one attached hydrogen (secondary N) is 2. The number of para-hydroxylation sites is 1. The van der Waals surface area contributed by atoms with Gasteiger partial charge < -0.3 is 20.1 Å². The predicted molar refractivity (Wildman–Crippen MR) is 123 cm³/mol. The number of nitrogens with zero attached hydrogens (tertiary/aromatic N) is 1. The van der Waals surface area contributed by atoms with Crippen LogP contribution in [-0.4, -0.2) is 55.7 Å². The van der Waals surface area contributed by atoms with E-state index in [-0.39, 0.29) is 36.6 Å². The van der Waals surface area contributed by atoms with Gasteiger partial charge in [0.15, 0.2) is 0 Å². The lowest BCUT2D eigenvalue weighted by atomic mass is 9.73. The van der Waals surface area contributed by atoms with Gasteiger partial charge in [-0.3, -0.25) is 14.5 Å². The molecule has 0 aliphatic carbocycles. The summed E-state index contributed by atoms with van der Waals surface area (Å²) in [6, 6.07) is 15.8. The molecule has 2 aliphatic heterocycles. The number of carbonyl (C=O) groups excluding carboxylic acids is 3. The van der Waals surface area contributed by atoms with Gasteiger partial charge in [-0.15, -0.1) is 0 Å². The first-order valence-electron chi connectivity index (χ1n) is 11.2. The summed E-state index contributed by atoms with van der Waals surface area (Å²) in [6.07, 6.45) is 1.80. The Kier molecular flexibility index (Phi) is 6.93. The molecule has 0 radical (unpaired) electrons. The highest BCUT2D eigenvalue weighted by Crippen LogP contribution is 2.37. The van der Waals surface area contributed by atoms with Gasteiger partial charge in [0.1, 0.15) is 11.8 Å². The minimum absolute atomic E-state index is 0.136. The second-order valence-electron chi connectivity index (χ2n) is 8.50. The maximum atomic E-state index is 13.1. The van der Waals surface area contributed by atoms with Gasteiger partial charge in [-0.1, -0.05) is 30.3 Å². The molecule has 0 aromatic heterocycles. The molecule has 2 aromatic rings. The van der Waals surface area contributed by atoms with Gasteiger partial charge in [0, 0.05) is 37.3 Å². The molecule has 8 heteroatoms. The smallest absolute Gasteiger partial charge is 0.324 e. The van der Waals surface area contributed by atoms with Crippen molar-refractivity contribution in [1.29, 1.82) is 0 Å². The molecule has 1 atom stereocenters. The summed E-state index contributed by atoms with van der Waals surface area (Å²) >= 11 is 0. The highest BCUT2D eigenvalue weighted by molar-refractivity contribution is 6.04. The quantitative estimate of drug-likeness (QED) is 0.602. The van der Waals surface area contributed by atoms with Crippen LogP contribution < -0.4 is 15.4 Å². The summed E-state index contributed by atoms with van der Waals surface area (Å²) in [4.78, 5) is 39.4. The van der Waals surface area contributed by atoms with Gasteiger partial charge >= 0.3 is 6.03 Å². The number of urea groups is 1. The van der Waals surface area contributed by atoms with Crippen LogP contribution in [0.2, 0.25) is 0 Å². The maximum absolute atomic E-state index is 13.1. The molecule has 4 rings (SSSR count). The van der Waals surface area contributed by atoms with E-state index < -0.39 is 12.1 Å². The van der Waals surface area contributed by atoms with E-state index >= 15 is 0 Å². The average molecular weight is 452 g/mol. The van der Waals surface area contributed by atoms with Crippen LogP contribution in [0.5, 0.6) is 5.75 Å². The van der Waals surface area contributed by atoms with Gasteiger partial charge in [0.25, 0.3) is 5.91 Å². The standard InChI is InChI=1S/C25H29N3O5/c1-32-20-9-7-18(8-10-20)25(13-15-33-16-14-25)17-28-23(30)21(27-24(28)31)11-12-22(29)26-19-5-3-2-4-6-19/h2-10,21H,11-17H2,1H3,(H,26,29)(H,27,31)/t21-/m0/s1. The predicted octanol–water partition coefficient (Wildman–Crippen LogP) is 3.08. The molecule has 2 aliphatic rings. The highest BCUT2D eigenvalue weighted by Gasteiger charge is 2.44. The Morgan fingerprint density at radius 1 is 1.12 bits per heavy atom. The van der Waals surface area contributed by atoms with Crippen molar-refractivity contribution < 1.29 is 23.9 Å². The van der Waals surface area contributed by atoms with Gasteiger partial charge in [0.05, 0.1) is 7.11 Å². The Morgan fingerprint density at radius 3 is 2.48 bits per heavy atom. The molecular weight excluding hydrogens is 422 g/mol. The molecule has 0 unspecified atom stereocenters. The SMILES string of the molecule is COc1ccc(C2(CN3C(=O)N[C@@H](CCC(=O)Nc4ccccc4)C3=O)CCOCC2)cc1. The fourth-order valence-electron chi connectivity index (χ4n) is 4.49. The number of anilines is 1. The molecule has 8 nitrogen and oxygen atoms in total. The van der Waals surface area contributed by atoms with Crippen molar-refractivity contribution in [3.8, 4) is 5.75 Å². The third-order valence-corrected chi connectivity index (χ3v) is 6.44. The normalized spacial score (nSPS) is 19.8. The molecule has 0 saturated carbocycles. The average Bonchev–Trinajstić information content (AvgIpc) is 3.11. The number of carbonyl (C=O) groups is 3. The number of hydrogen-bond donors (Lipinski definition) is 2. The minimum Gasteiger partial charge on any atom is -0.497 e. The van der Waals surface area contributed by atoms with Crippen molar-refractivity contribution >= 4 is 23.5 Å². The molecule has 0 bridgehead atoms. The van der Waals surface area contributed by atoms with E-state index in [4.69, 9.17) is 9.47 Å². The monoisotopic (exact) mass is 451 g/mol. The Labute approximate surface area is 193 Å². The van der Waals surface area contributed by atoms with Gasteiger partial charge in [-0.2, -0.15) is 0 Å². The van der Waals surface area contributed by atoms with Crippen molar-refractivity contribution in [1.82, 2.24) is 10.2 Å². The Morgan fingerprint density at radius 2 is 1.82 bits per heavy atom. The third-order valence-electron chi connectivity index (χ3n) is 6.44. The first-order chi connectivity index (χ1) is 16.0. The van der Waals surface area contributed by atoms with Crippen LogP contribution in [0.3, 0.4) is 0 Å². The summed E-state index contributed by atoms with van der Waals surface area (Å²) in [5.74, 6) is 0.275. The van der Waals surface area contributed by atoms with Crippen molar-refractivity contribution in [3.05, 3.63) is 60.2 Å².